The van der Waals surface area contributed by atoms with E-state index in [1.54, 1.807) is 16.8 Å². The van der Waals surface area contributed by atoms with Gasteiger partial charge in [-0.1, -0.05) is 0 Å². The summed E-state index contributed by atoms with van der Waals surface area (Å²) in [6.07, 6.45) is 1.08. The lowest BCUT2D eigenvalue weighted by Gasteiger charge is -2.02. The van der Waals surface area contributed by atoms with E-state index in [0.29, 0.717) is 5.69 Å². The summed E-state index contributed by atoms with van der Waals surface area (Å²) in [5.74, 6) is 0. The van der Waals surface area contributed by atoms with E-state index >= 15 is 0 Å². The lowest BCUT2D eigenvalue weighted by Crippen LogP contribution is -2.12. The van der Waals surface area contributed by atoms with Crippen molar-refractivity contribution in [2.24, 2.45) is 5.73 Å². The first-order valence-electron chi connectivity index (χ1n) is 4.83. The van der Waals surface area contributed by atoms with Gasteiger partial charge in [-0.3, -0.25) is 0 Å². The van der Waals surface area contributed by atoms with Gasteiger partial charge in [-0.25, -0.2) is 9.50 Å². The maximum atomic E-state index is 9.56. The van der Waals surface area contributed by atoms with Gasteiger partial charge < -0.3 is 10.8 Å². The predicted molar refractivity (Wildman–Crippen MR) is 56.5 cm³/mol. The maximum absolute atomic E-state index is 9.56. The van der Waals surface area contributed by atoms with E-state index in [1.807, 2.05) is 13.8 Å². The summed E-state index contributed by atoms with van der Waals surface area (Å²) in [5.41, 5.74) is 8.77. The van der Waals surface area contributed by atoms with Gasteiger partial charge >= 0.3 is 0 Å². The van der Waals surface area contributed by atoms with E-state index < -0.39 is 6.10 Å². The molecule has 2 aromatic rings. The number of aromatic nitrogens is 3. The van der Waals surface area contributed by atoms with Crippen molar-refractivity contribution in [1.29, 1.82) is 0 Å². The van der Waals surface area contributed by atoms with Gasteiger partial charge in [-0.05, 0) is 19.4 Å². The third kappa shape index (κ3) is 1.60. The molecule has 0 bridgehead atoms. The smallest absolute Gasteiger partial charge is 0.155 e. The Labute approximate surface area is 87.6 Å². The van der Waals surface area contributed by atoms with Crippen molar-refractivity contribution in [2.45, 2.75) is 20.0 Å². The van der Waals surface area contributed by atoms with Crippen LogP contribution >= 0.6 is 0 Å². The summed E-state index contributed by atoms with van der Waals surface area (Å²) in [4.78, 5) is 4.23. The van der Waals surface area contributed by atoms with Crippen LogP contribution in [0.25, 0.3) is 5.65 Å². The molecule has 0 spiro atoms. The number of aliphatic hydroxyl groups is 1. The summed E-state index contributed by atoms with van der Waals surface area (Å²) in [7, 11) is 0. The standard InChI is InChI=1S/C10H14N4O/c1-6-5-12-10-3-8(9(15)4-11)13-14(10)7(6)2/h3,5,9,15H,4,11H2,1-2H3. The molecule has 15 heavy (non-hydrogen) atoms. The third-order valence-electron chi connectivity index (χ3n) is 2.55. The normalized spacial score (nSPS) is 13.3. The molecule has 2 heterocycles. The Morgan fingerprint density at radius 2 is 2.27 bits per heavy atom. The molecule has 2 aromatic heterocycles. The van der Waals surface area contributed by atoms with Gasteiger partial charge in [0.1, 0.15) is 6.10 Å². The van der Waals surface area contributed by atoms with Crippen LogP contribution in [0.3, 0.4) is 0 Å². The highest BCUT2D eigenvalue weighted by Crippen LogP contribution is 2.14. The molecule has 0 aliphatic rings. The molecule has 1 atom stereocenters. The topological polar surface area (TPSA) is 76.4 Å². The fourth-order valence-electron chi connectivity index (χ4n) is 1.43. The van der Waals surface area contributed by atoms with Crippen molar-refractivity contribution in [1.82, 2.24) is 14.6 Å². The number of fused-ring (bicyclic) bond motifs is 1. The van der Waals surface area contributed by atoms with Crippen LogP contribution in [0, 0.1) is 13.8 Å². The number of hydrogen-bond donors (Lipinski definition) is 2. The number of nitrogens with two attached hydrogens (primary N) is 1. The van der Waals surface area contributed by atoms with E-state index in [9.17, 15) is 5.11 Å². The molecule has 0 amide bonds. The minimum atomic E-state index is -0.716. The SMILES string of the molecule is Cc1cnc2cc(C(O)CN)nn2c1C. The van der Waals surface area contributed by atoms with Gasteiger partial charge in [0.2, 0.25) is 0 Å². The van der Waals surface area contributed by atoms with Crippen LogP contribution in [0.5, 0.6) is 0 Å². The Bertz CT molecular complexity index is 491. The lowest BCUT2D eigenvalue weighted by atomic mass is 10.2. The first-order valence-corrected chi connectivity index (χ1v) is 4.83. The largest absolute Gasteiger partial charge is 0.385 e. The fraction of sp³-hybridized carbons (Fsp3) is 0.400. The molecule has 5 nitrogen and oxygen atoms in total. The molecule has 5 heteroatoms. The van der Waals surface area contributed by atoms with Crippen molar-refractivity contribution < 1.29 is 5.11 Å². The van der Waals surface area contributed by atoms with Gasteiger partial charge in [0.05, 0.1) is 5.69 Å². The molecule has 2 rings (SSSR count). The predicted octanol–water partition coefficient (Wildman–Crippen LogP) is 0.338. The average molecular weight is 206 g/mol. The van der Waals surface area contributed by atoms with Crippen LogP contribution in [0.1, 0.15) is 23.1 Å². The number of hydrogen-bond acceptors (Lipinski definition) is 4. The van der Waals surface area contributed by atoms with Crippen molar-refractivity contribution in [3.05, 3.63) is 29.2 Å². The van der Waals surface area contributed by atoms with E-state index in [-0.39, 0.29) is 6.54 Å². The lowest BCUT2D eigenvalue weighted by molar-refractivity contribution is 0.181. The second-order valence-electron chi connectivity index (χ2n) is 3.62. The van der Waals surface area contributed by atoms with Crippen LogP contribution in [-0.2, 0) is 0 Å². The molecule has 0 fully saturated rings. The molecule has 0 radical (unpaired) electrons. The molecule has 3 N–H and O–H groups in total. The van der Waals surface area contributed by atoms with E-state index in [2.05, 4.69) is 10.1 Å². The summed E-state index contributed by atoms with van der Waals surface area (Å²) in [6.45, 7) is 4.11. The Kier molecular flexibility index (Phi) is 2.42. The molecule has 80 valence electrons. The molecule has 0 aliphatic heterocycles. The van der Waals surface area contributed by atoms with E-state index in [0.717, 1.165) is 16.9 Å². The Morgan fingerprint density at radius 3 is 2.93 bits per heavy atom. The molecule has 0 saturated heterocycles. The maximum Gasteiger partial charge on any atom is 0.155 e. The van der Waals surface area contributed by atoms with Crippen molar-refractivity contribution in [2.75, 3.05) is 6.54 Å². The summed E-state index contributed by atoms with van der Waals surface area (Å²) in [5, 5.41) is 13.8. The monoisotopic (exact) mass is 206 g/mol. The molecule has 0 saturated carbocycles. The minimum Gasteiger partial charge on any atom is -0.385 e. The average Bonchev–Trinajstić information content (AvgIpc) is 2.67. The quantitative estimate of drug-likeness (QED) is 0.742. The second kappa shape index (κ2) is 3.60. The summed E-state index contributed by atoms with van der Waals surface area (Å²) >= 11 is 0. The van der Waals surface area contributed by atoms with Gasteiger partial charge in [0.25, 0.3) is 0 Å². The first kappa shape index (κ1) is 10.1. The molecular formula is C10H14N4O. The van der Waals surface area contributed by atoms with Crippen LogP contribution in [-0.4, -0.2) is 26.2 Å². The summed E-state index contributed by atoms with van der Waals surface area (Å²) in [6, 6.07) is 1.75. The Morgan fingerprint density at radius 1 is 1.53 bits per heavy atom. The Balaban J connectivity index is 2.61. The number of aryl methyl sites for hydroxylation is 2. The number of nitrogens with zero attached hydrogens (tertiary/aromatic N) is 3. The van der Waals surface area contributed by atoms with Crippen molar-refractivity contribution in [3.8, 4) is 0 Å². The van der Waals surface area contributed by atoms with Crippen LogP contribution < -0.4 is 5.73 Å². The zero-order chi connectivity index (χ0) is 11.0. The van der Waals surface area contributed by atoms with Crippen LogP contribution in [0.2, 0.25) is 0 Å². The highest BCUT2D eigenvalue weighted by Gasteiger charge is 2.12. The van der Waals surface area contributed by atoms with Gasteiger partial charge in [-0.2, -0.15) is 5.10 Å². The molecular weight excluding hydrogens is 192 g/mol. The summed E-state index contributed by atoms with van der Waals surface area (Å²) < 4.78 is 1.73. The highest BCUT2D eigenvalue weighted by molar-refractivity contribution is 5.42. The van der Waals surface area contributed by atoms with Gasteiger partial charge in [0, 0.05) is 24.5 Å². The van der Waals surface area contributed by atoms with E-state index in [1.165, 1.54) is 0 Å². The number of aliphatic hydroxyl groups excluding tert-OH is 1. The van der Waals surface area contributed by atoms with Crippen LogP contribution in [0.15, 0.2) is 12.3 Å². The highest BCUT2D eigenvalue weighted by atomic mass is 16.3. The zero-order valence-electron chi connectivity index (χ0n) is 8.81. The zero-order valence-corrected chi connectivity index (χ0v) is 8.81. The molecule has 0 aliphatic carbocycles. The fourth-order valence-corrected chi connectivity index (χ4v) is 1.43. The van der Waals surface area contributed by atoms with Crippen molar-refractivity contribution >= 4 is 5.65 Å². The first-order chi connectivity index (χ1) is 7.13. The minimum absolute atomic E-state index is 0.169. The second-order valence-corrected chi connectivity index (χ2v) is 3.62. The third-order valence-corrected chi connectivity index (χ3v) is 2.55. The van der Waals surface area contributed by atoms with Crippen molar-refractivity contribution in [3.63, 3.8) is 0 Å². The van der Waals surface area contributed by atoms with Crippen LogP contribution in [0.4, 0.5) is 0 Å². The molecule has 1 unspecified atom stereocenters. The Hall–Kier alpha value is -1.46. The number of rotatable bonds is 2. The molecule has 0 aromatic carbocycles. The van der Waals surface area contributed by atoms with E-state index in [4.69, 9.17) is 5.73 Å². The van der Waals surface area contributed by atoms with Gasteiger partial charge in [0.15, 0.2) is 5.65 Å². The van der Waals surface area contributed by atoms with Gasteiger partial charge in [-0.15, -0.1) is 0 Å².